The van der Waals surface area contributed by atoms with Crippen molar-refractivity contribution in [1.29, 1.82) is 0 Å². The molecule has 0 amide bonds. The Balaban J connectivity index is 2.24. The number of phenols is 1. The fourth-order valence-electron chi connectivity index (χ4n) is 2.24. The number of benzene rings is 1. The van der Waals surface area contributed by atoms with Crippen molar-refractivity contribution in [2.45, 2.75) is 45.1 Å². The molecule has 3 heteroatoms. The van der Waals surface area contributed by atoms with Crippen molar-refractivity contribution >= 4 is 0 Å². The summed E-state index contributed by atoms with van der Waals surface area (Å²) >= 11 is 0. The van der Waals surface area contributed by atoms with Crippen LogP contribution in [0.1, 0.15) is 36.0 Å². The van der Waals surface area contributed by atoms with Crippen LogP contribution in [-0.2, 0) is 6.42 Å². The number of aromatic hydroxyl groups is 1. The molecule has 1 fully saturated rings. The quantitative estimate of drug-likeness (QED) is 0.842. The number of rotatable bonds is 4. The van der Waals surface area contributed by atoms with Crippen LogP contribution >= 0.6 is 0 Å². The molecule has 0 saturated heterocycles. The number of hydrogen-bond acceptors (Lipinski definition) is 3. The second-order valence-electron chi connectivity index (χ2n) is 5.22. The van der Waals surface area contributed by atoms with Crippen LogP contribution in [-0.4, -0.2) is 17.8 Å². The fourth-order valence-corrected chi connectivity index (χ4v) is 2.24. The largest absolute Gasteiger partial charge is 0.504 e. The molecular formula is C14H21NO2. The minimum atomic E-state index is 0.0749. The molecule has 0 aliphatic heterocycles. The van der Waals surface area contributed by atoms with E-state index in [2.05, 4.69) is 0 Å². The van der Waals surface area contributed by atoms with E-state index in [1.165, 1.54) is 5.56 Å². The summed E-state index contributed by atoms with van der Waals surface area (Å²) < 4.78 is 5.26. The van der Waals surface area contributed by atoms with E-state index >= 15 is 0 Å². The van der Waals surface area contributed by atoms with E-state index in [-0.39, 0.29) is 11.3 Å². The number of methoxy groups -OCH3 is 1. The van der Waals surface area contributed by atoms with Gasteiger partial charge in [0, 0.05) is 5.54 Å². The highest BCUT2D eigenvalue weighted by atomic mass is 16.5. The Labute approximate surface area is 103 Å². The lowest BCUT2D eigenvalue weighted by Gasteiger charge is -2.16. The van der Waals surface area contributed by atoms with E-state index < -0.39 is 0 Å². The molecule has 2 rings (SSSR count). The molecule has 1 aliphatic rings. The van der Waals surface area contributed by atoms with Gasteiger partial charge in [-0.05, 0) is 56.2 Å². The van der Waals surface area contributed by atoms with Crippen LogP contribution in [0, 0.1) is 13.8 Å². The normalized spacial score (nSPS) is 16.9. The number of aryl methyl sites for hydroxylation is 2. The van der Waals surface area contributed by atoms with Gasteiger partial charge in [-0.25, -0.2) is 0 Å². The van der Waals surface area contributed by atoms with Crippen molar-refractivity contribution in [1.82, 2.24) is 0 Å². The Bertz CT molecular complexity index is 436. The highest BCUT2D eigenvalue weighted by Gasteiger charge is 2.37. The Morgan fingerprint density at radius 3 is 2.59 bits per heavy atom. The highest BCUT2D eigenvalue weighted by Crippen LogP contribution is 2.39. The summed E-state index contributed by atoms with van der Waals surface area (Å²) in [5.74, 6) is 0.851. The van der Waals surface area contributed by atoms with Gasteiger partial charge >= 0.3 is 0 Å². The van der Waals surface area contributed by atoms with Crippen LogP contribution in [0.2, 0.25) is 0 Å². The molecule has 1 aromatic rings. The molecule has 0 heterocycles. The van der Waals surface area contributed by atoms with E-state index in [1.807, 2.05) is 19.9 Å². The van der Waals surface area contributed by atoms with Gasteiger partial charge in [-0.3, -0.25) is 0 Å². The molecule has 3 N–H and O–H groups in total. The lowest BCUT2D eigenvalue weighted by Crippen LogP contribution is -2.22. The first-order chi connectivity index (χ1) is 7.97. The van der Waals surface area contributed by atoms with Gasteiger partial charge in [0.2, 0.25) is 0 Å². The number of ether oxygens (including phenoxy) is 1. The minimum Gasteiger partial charge on any atom is -0.504 e. The average Bonchev–Trinajstić information content (AvgIpc) is 3.02. The molecule has 0 radical (unpaired) electrons. The number of nitrogens with two attached hydrogens (primary N) is 1. The van der Waals surface area contributed by atoms with E-state index in [1.54, 1.807) is 7.11 Å². The zero-order valence-electron chi connectivity index (χ0n) is 10.8. The van der Waals surface area contributed by atoms with Crippen LogP contribution in [0.25, 0.3) is 0 Å². The summed E-state index contributed by atoms with van der Waals surface area (Å²) in [6, 6.07) is 2.04. The smallest absolute Gasteiger partial charge is 0.163 e. The molecule has 1 aliphatic carbocycles. The Morgan fingerprint density at radius 2 is 2.06 bits per heavy atom. The number of hydrogen-bond donors (Lipinski definition) is 2. The maximum Gasteiger partial charge on any atom is 0.163 e. The van der Waals surface area contributed by atoms with Crippen molar-refractivity contribution in [3.8, 4) is 11.5 Å². The van der Waals surface area contributed by atoms with Crippen LogP contribution in [0.5, 0.6) is 11.5 Å². The van der Waals surface area contributed by atoms with Crippen LogP contribution in [0.4, 0.5) is 0 Å². The standard InChI is InChI=1S/C14H21NO2/c1-9-8-11(4-5-14(15)6-7-14)10(2)13(17-3)12(9)16/h8,16H,4-7,15H2,1-3H3. The molecule has 1 saturated carbocycles. The minimum absolute atomic E-state index is 0.0749. The van der Waals surface area contributed by atoms with E-state index in [9.17, 15) is 5.11 Å². The first-order valence-electron chi connectivity index (χ1n) is 6.12. The monoisotopic (exact) mass is 235 g/mol. The Morgan fingerprint density at radius 1 is 1.41 bits per heavy atom. The van der Waals surface area contributed by atoms with Crippen molar-refractivity contribution in [3.63, 3.8) is 0 Å². The highest BCUT2D eigenvalue weighted by molar-refractivity contribution is 5.53. The summed E-state index contributed by atoms with van der Waals surface area (Å²) in [4.78, 5) is 0. The third-order valence-corrected chi connectivity index (χ3v) is 3.79. The van der Waals surface area contributed by atoms with Crippen molar-refractivity contribution in [2.24, 2.45) is 5.73 Å². The van der Waals surface area contributed by atoms with Gasteiger partial charge in [-0.15, -0.1) is 0 Å². The van der Waals surface area contributed by atoms with Gasteiger partial charge < -0.3 is 15.6 Å². The SMILES string of the molecule is COc1c(C)c(CCC2(N)CC2)cc(C)c1O. The van der Waals surface area contributed by atoms with Crippen LogP contribution < -0.4 is 10.5 Å². The van der Waals surface area contributed by atoms with Crippen molar-refractivity contribution < 1.29 is 9.84 Å². The molecule has 3 nitrogen and oxygen atoms in total. The zero-order valence-corrected chi connectivity index (χ0v) is 10.8. The topological polar surface area (TPSA) is 55.5 Å². The van der Waals surface area contributed by atoms with E-state index in [0.29, 0.717) is 5.75 Å². The van der Waals surface area contributed by atoms with Gasteiger partial charge in [-0.2, -0.15) is 0 Å². The van der Waals surface area contributed by atoms with Gasteiger partial charge in [-0.1, -0.05) is 6.07 Å². The second kappa shape index (κ2) is 4.22. The summed E-state index contributed by atoms with van der Waals surface area (Å²) in [6.45, 7) is 3.89. The molecule has 94 valence electrons. The van der Waals surface area contributed by atoms with Gasteiger partial charge in [0.25, 0.3) is 0 Å². The van der Waals surface area contributed by atoms with Crippen LogP contribution in [0.15, 0.2) is 6.07 Å². The molecule has 0 aromatic heterocycles. The van der Waals surface area contributed by atoms with Crippen LogP contribution in [0.3, 0.4) is 0 Å². The predicted molar refractivity (Wildman–Crippen MR) is 68.6 cm³/mol. The molecule has 0 atom stereocenters. The summed E-state index contributed by atoms with van der Waals surface area (Å²) in [5.41, 5.74) is 9.30. The molecular weight excluding hydrogens is 214 g/mol. The Kier molecular flexibility index (Phi) is 3.04. The predicted octanol–water partition coefficient (Wildman–Crippen LogP) is 2.44. The molecule has 0 spiro atoms. The first-order valence-corrected chi connectivity index (χ1v) is 6.12. The van der Waals surface area contributed by atoms with E-state index in [0.717, 1.165) is 36.8 Å². The zero-order chi connectivity index (χ0) is 12.6. The van der Waals surface area contributed by atoms with E-state index in [4.69, 9.17) is 10.5 Å². The van der Waals surface area contributed by atoms with Gasteiger partial charge in [0.1, 0.15) is 0 Å². The maximum absolute atomic E-state index is 9.89. The van der Waals surface area contributed by atoms with Crippen molar-refractivity contribution in [3.05, 3.63) is 22.8 Å². The summed E-state index contributed by atoms with van der Waals surface area (Å²) in [5, 5.41) is 9.89. The van der Waals surface area contributed by atoms with Gasteiger partial charge in [0.15, 0.2) is 11.5 Å². The second-order valence-corrected chi connectivity index (χ2v) is 5.22. The third-order valence-electron chi connectivity index (χ3n) is 3.79. The van der Waals surface area contributed by atoms with Crippen molar-refractivity contribution in [2.75, 3.05) is 7.11 Å². The fraction of sp³-hybridized carbons (Fsp3) is 0.571. The molecule has 1 aromatic carbocycles. The molecule has 0 bridgehead atoms. The number of phenolic OH excluding ortho intramolecular Hbond substituents is 1. The Hall–Kier alpha value is -1.22. The summed E-state index contributed by atoms with van der Waals surface area (Å²) in [6.07, 6.45) is 4.25. The average molecular weight is 235 g/mol. The van der Waals surface area contributed by atoms with Gasteiger partial charge in [0.05, 0.1) is 7.11 Å². The lowest BCUT2D eigenvalue weighted by molar-refractivity contribution is 0.368. The lowest BCUT2D eigenvalue weighted by atomic mass is 9.97. The molecule has 0 unspecified atom stereocenters. The first kappa shape index (κ1) is 12.2. The summed E-state index contributed by atoms with van der Waals surface area (Å²) in [7, 11) is 1.59. The third kappa shape index (κ3) is 2.39. The molecule has 17 heavy (non-hydrogen) atoms. The maximum atomic E-state index is 9.89.